The molecule has 162 valence electrons. The maximum absolute atomic E-state index is 12.6. The van der Waals surface area contributed by atoms with Crippen LogP contribution in [0.15, 0.2) is 47.1 Å². The Morgan fingerprint density at radius 3 is 2.60 bits per heavy atom. The molecule has 0 aromatic carbocycles. The number of hydrogen-bond acceptors (Lipinski definition) is 8. The maximum atomic E-state index is 12.6. The Balaban J connectivity index is 2.66. The van der Waals surface area contributed by atoms with E-state index in [1.807, 2.05) is 0 Å². The number of aldehydes is 1. The second-order valence-electron chi connectivity index (χ2n) is 7.14. The highest BCUT2D eigenvalue weighted by Crippen LogP contribution is 2.37. The van der Waals surface area contributed by atoms with E-state index in [1.165, 1.54) is 6.92 Å². The van der Waals surface area contributed by atoms with E-state index in [0.29, 0.717) is 30.3 Å². The van der Waals surface area contributed by atoms with Crippen molar-refractivity contribution < 1.29 is 38.5 Å². The largest absolute Gasteiger partial charge is 0.454 e. The summed E-state index contributed by atoms with van der Waals surface area (Å²) in [5.74, 6) is -3.00. The number of carbonyl (C=O) groups excluding carboxylic acids is 4. The van der Waals surface area contributed by atoms with Gasteiger partial charge in [-0.25, -0.2) is 9.59 Å². The molecule has 1 heterocycles. The van der Waals surface area contributed by atoms with Crippen molar-refractivity contribution in [2.24, 2.45) is 5.92 Å². The lowest BCUT2D eigenvalue weighted by atomic mass is 9.83. The summed E-state index contributed by atoms with van der Waals surface area (Å²) in [6, 6.07) is 0. The van der Waals surface area contributed by atoms with Gasteiger partial charge in [-0.3, -0.25) is 9.59 Å². The lowest BCUT2D eigenvalue weighted by Crippen LogP contribution is -2.45. The molecule has 1 aliphatic heterocycles. The number of hydrogen-bond donors (Lipinski definition) is 1. The second kappa shape index (κ2) is 10.2. The van der Waals surface area contributed by atoms with Gasteiger partial charge in [-0.05, 0) is 38.3 Å². The molecule has 4 atom stereocenters. The summed E-state index contributed by atoms with van der Waals surface area (Å²) in [6.07, 6.45) is 2.59. The van der Waals surface area contributed by atoms with Crippen molar-refractivity contribution in [3.8, 4) is 0 Å². The average molecular weight is 418 g/mol. The van der Waals surface area contributed by atoms with Crippen molar-refractivity contribution in [1.82, 2.24) is 0 Å². The molecule has 0 spiro atoms. The topological polar surface area (TPSA) is 116 Å². The molecule has 0 aromatic heterocycles. The van der Waals surface area contributed by atoms with Gasteiger partial charge in [0.05, 0.1) is 12.5 Å². The molecule has 1 fully saturated rings. The van der Waals surface area contributed by atoms with Gasteiger partial charge < -0.3 is 19.3 Å². The van der Waals surface area contributed by atoms with E-state index in [-0.39, 0.29) is 17.8 Å². The summed E-state index contributed by atoms with van der Waals surface area (Å²) >= 11 is 0. The van der Waals surface area contributed by atoms with Gasteiger partial charge in [0.2, 0.25) is 0 Å². The Morgan fingerprint density at radius 2 is 2.03 bits per heavy atom. The Morgan fingerprint density at radius 1 is 1.33 bits per heavy atom. The summed E-state index contributed by atoms with van der Waals surface area (Å²) < 4.78 is 16.4. The van der Waals surface area contributed by atoms with E-state index in [9.17, 15) is 24.3 Å². The van der Waals surface area contributed by atoms with Gasteiger partial charge in [-0.2, -0.15) is 0 Å². The third-order valence-electron chi connectivity index (χ3n) is 5.12. The number of allylic oxidation sites excluding steroid dienone is 2. The first-order valence-corrected chi connectivity index (χ1v) is 9.60. The highest BCUT2D eigenvalue weighted by atomic mass is 16.6. The first-order chi connectivity index (χ1) is 14.2. The fourth-order valence-electron chi connectivity index (χ4n) is 3.39. The van der Waals surface area contributed by atoms with E-state index in [1.54, 1.807) is 32.1 Å². The fourth-order valence-corrected chi connectivity index (χ4v) is 3.39. The summed E-state index contributed by atoms with van der Waals surface area (Å²) in [6.45, 7) is 7.87. The van der Waals surface area contributed by atoms with Crippen LogP contribution in [0.25, 0.3) is 0 Å². The van der Waals surface area contributed by atoms with Crippen molar-refractivity contribution in [1.29, 1.82) is 0 Å². The van der Waals surface area contributed by atoms with Crippen LogP contribution in [-0.4, -0.2) is 54.2 Å². The van der Waals surface area contributed by atoms with Gasteiger partial charge in [0, 0.05) is 23.6 Å². The van der Waals surface area contributed by atoms with Crippen molar-refractivity contribution >= 4 is 24.2 Å². The van der Waals surface area contributed by atoms with Gasteiger partial charge in [0.1, 0.15) is 12.4 Å². The minimum atomic E-state index is -1.25. The molecule has 0 amide bonds. The number of rotatable bonds is 5. The molecule has 30 heavy (non-hydrogen) atoms. The van der Waals surface area contributed by atoms with Crippen molar-refractivity contribution in [2.45, 2.75) is 51.9 Å². The van der Waals surface area contributed by atoms with E-state index in [2.05, 4.69) is 6.58 Å². The molecule has 0 bridgehead atoms. The maximum Gasteiger partial charge on any atom is 0.334 e. The standard InChI is InChI=1S/C22H26O8/c1-5-12(2)21(26)30-20-18-13(3)22(27)29-17(18)9-15(10-23)7-6-8-16(11-24)19(20)28-14(4)25/h5,8-9,11,17-20,23H,3,6-7,10H2,1-2,4H3/b12-5-,15-9-,16-8?/t17-,18+,19+,20+/m1/s1. The molecular weight excluding hydrogens is 392 g/mol. The first kappa shape index (κ1) is 23.3. The van der Waals surface area contributed by atoms with Crippen molar-refractivity contribution in [3.63, 3.8) is 0 Å². The normalized spacial score (nSPS) is 29.0. The quantitative estimate of drug-likeness (QED) is 0.236. The molecule has 0 unspecified atom stereocenters. The van der Waals surface area contributed by atoms with E-state index >= 15 is 0 Å². The Hall–Kier alpha value is -3.00. The molecule has 0 saturated carbocycles. The van der Waals surface area contributed by atoms with Crippen molar-refractivity contribution in [3.05, 3.63) is 47.1 Å². The fraction of sp³-hybridized carbons (Fsp3) is 0.455. The molecule has 1 aliphatic carbocycles. The molecule has 8 heteroatoms. The van der Waals surface area contributed by atoms with Gasteiger partial charge in [0.15, 0.2) is 12.2 Å². The Kier molecular flexibility index (Phi) is 7.88. The average Bonchev–Trinajstić information content (AvgIpc) is 2.99. The molecule has 1 N–H and O–H groups in total. The molecule has 1 saturated heterocycles. The van der Waals surface area contributed by atoms with Crippen LogP contribution < -0.4 is 0 Å². The van der Waals surface area contributed by atoms with E-state index < -0.39 is 42.1 Å². The van der Waals surface area contributed by atoms with Crippen LogP contribution in [0.5, 0.6) is 0 Å². The zero-order chi connectivity index (χ0) is 22.4. The molecule has 8 nitrogen and oxygen atoms in total. The Bertz CT molecular complexity index is 832. The SMILES string of the molecule is C=C1C(=O)O[C@@H]2/C=C(\CO)CCC=C(C=O)[C@H](OC(C)=O)[C@@H](OC(=O)/C(C)=C\C)[C@@H]12. The van der Waals surface area contributed by atoms with E-state index in [4.69, 9.17) is 14.2 Å². The third-order valence-corrected chi connectivity index (χ3v) is 5.12. The molecule has 2 rings (SSSR count). The first-order valence-electron chi connectivity index (χ1n) is 9.60. The molecule has 0 aromatic rings. The highest BCUT2D eigenvalue weighted by molar-refractivity contribution is 5.92. The Labute approximate surface area is 174 Å². The predicted octanol–water partition coefficient (Wildman–Crippen LogP) is 1.73. The van der Waals surface area contributed by atoms with Gasteiger partial charge in [-0.1, -0.05) is 18.7 Å². The van der Waals surface area contributed by atoms with Crippen LogP contribution >= 0.6 is 0 Å². The number of fused-ring (bicyclic) bond motifs is 1. The minimum absolute atomic E-state index is 0.0208. The van der Waals surface area contributed by atoms with Crippen LogP contribution in [0.2, 0.25) is 0 Å². The minimum Gasteiger partial charge on any atom is -0.454 e. The van der Waals surface area contributed by atoms with Crippen LogP contribution in [0, 0.1) is 5.92 Å². The molecular formula is C22H26O8. The van der Waals surface area contributed by atoms with Gasteiger partial charge >= 0.3 is 17.9 Å². The summed E-state index contributed by atoms with van der Waals surface area (Å²) in [5, 5.41) is 9.65. The van der Waals surface area contributed by atoms with Crippen LogP contribution in [0.3, 0.4) is 0 Å². The third kappa shape index (κ3) is 5.13. The van der Waals surface area contributed by atoms with Gasteiger partial charge in [-0.15, -0.1) is 0 Å². The number of aliphatic hydroxyl groups excluding tert-OH is 1. The van der Waals surface area contributed by atoms with Gasteiger partial charge in [0.25, 0.3) is 0 Å². The summed E-state index contributed by atoms with van der Waals surface area (Å²) in [5.41, 5.74) is 0.998. The summed E-state index contributed by atoms with van der Waals surface area (Å²) in [7, 11) is 0. The number of aliphatic hydroxyl groups is 1. The zero-order valence-electron chi connectivity index (χ0n) is 17.3. The lowest BCUT2D eigenvalue weighted by Gasteiger charge is -2.33. The lowest BCUT2D eigenvalue weighted by molar-refractivity contribution is -0.166. The number of esters is 3. The van der Waals surface area contributed by atoms with Crippen molar-refractivity contribution in [2.75, 3.05) is 6.61 Å². The monoisotopic (exact) mass is 418 g/mol. The van der Waals surface area contributed by atoms with Crippen LogP contribution in [0.1, 0.15) is 33.6 Å². The van der Waals surface area contributed by atoms with Crippen LogP contribution in [0.4, 0.5) is 0 Å². The van der Waals surface area contributed by atoms with E-state index in [0.717, 1.165) is 0 Å². The second-order valence-corrected chi connectivity index (χ2v) is 7.14. The highest BCUT2D eigenvalue weighted by Gasteiger charge is 2.49. The number of carbonyl (C=O) groups is 4. The number of ether oxygens (including phenoxy) is 3. The van der Waals surface area contributed by atoms with Crippen LogP contribution in [-0.2, 0) is 33.4 Å². The summed E-state index contributed by atoms with van der Waals surface area (Å²) in [4.78, 5) is 48.5. The zero-order valence-corrected chi connectivity index (χ0v) is 17.3. The molecule has 0 radical (unpaired) electrons. The predicted molar refractivity (Wildman–Crippen MR) is 106 cm³/mol. The molecule has 2 aliphatic rings. The smallest absolute Gasteiger partial charge is 0.334 e.